The van der Waals surface area contributed by atoms with Crippen molar-refractivity contribution in [2.45, 2.75) is 64.4 Å². The quantitative estimate of drug-likeness (QED) is 0.668. The Balaban J connectivity index is 1.45. The molecule has 0 bridgehead atoms. The van der Waals surface area contributed by atoms with Gasteiger partial charge in [-0.3, -0.25) is 9.59 Å². The van der Waals surface area contributed by atoms with Gasteiger partial charge in [0.05, 0.1) is 5.56 Å². The number of benzene rings is 1. The zero-order valence-corrected chi connectivity index (χ0v) is 17.6. The molecule has 158 valence electrons. The van der Waals surface area contributed by atoms with Gasteiger partial charge >= 0.3 is 5.97 Å². The van der Waals surface area contributed by atoms with Crippen molar-refractivity contribution in [1.82, 2.24) is 0 Å². The zero-order valence-electron chi connectivity index (χ0n) is 17.6. The smallest absolute Gasteiger partial charge is 0.338 e. The van der Waals surface area contributed by atoms with Gasteiger partial charge in [-0.25, -0.2) is 4.79 Å². The summed E-state index contributed by atoms with van der Waals surface area (Å²) in [6.45, 7) is 2.13. The normalized spacial score (nSPS) is 37.6. The number of ether oxygens (including phenoxy) is 1. The van der Waals surface area contributed by atoms with Gasteiger partial charge < -0.3 is 4.74 Å². The van der Waals surface area contributed by atoms with Crippen molar-refractivity contribution in [2.24, 2.45) is 29.1 Å². The Labute approximate surface area is 178 Å². The first kappa shape index (κ1) is 19.7. The Bertz CT molecular complexity index is 901. The minimum Gasteiger partial charge on any atom is -0.458 e. The van der Waals surface area contributed by atoms with Gasteiger partial charge in [0.2, 0.25) is 0 Å². The second-order valence-corrected chi connectivity index (χ2v) is 9.71. The van der Waals surface area contributed by atoms with Crippen molar-refractivity contribution in [1.29, 1.82) is 0 Å². The Morgan fingerprint density at radius 2 is 1.87 bits per heavy atom. The SMILES string of the molecule is CC[C@]12CC[C@H]3[C@@H](CCC4=CC(=O)CC[C@@H]43)[C@@H]1C(OC(=O)c1ccccc1)CC2=O. The van der Waals surface area contributed by atoms with Gasteiger partial charge in [-0.2, -0.15) is 0 Å². The van der Waals surface area contributed by atoms with E-state index in [9.17, 15) is 14.4 Å². The molecule has 0 saturated heterocycles. The van der Waals surface area contributed by atoms with Crippen LogP contribution in [0.1, 0.15) is 68.6 Å². The Hall–Kier alpha value is -2.23. The molecule has 0 amide bonds. The number of fused-ring (bicyclic) bond motifs is 5. The Morgan fingerprint density at radius 3 is 2.63 bits per heavy atom. The lowest BCUT2D eigenvalue weighted by molar-refractivity contribution is -0.134. The molecule has 6 atom stereocenters. The van der Waals surface area contributed by atoms with Crippen LogP contribution in [0.15, 0.2) is 42.0 Å². The first-order chi connectivity index (χ1) is 14.5. The predicted octanol–water partition coefficient (Wildman–Crippen LogP) is 4.92. The molecule has 3 fully saturated rings. The maximum Gasteiger partial charge on any atom is 0.338 e. The van der Waals surface area contributed by atoms with E-state index in [1.54, 1.807) is 12.1 Å². The van der Waals surface area contributed by atoms with Crippen molar-refractivity contribution >= 4 is 17.5 Å². The molecule has 4 aliphatic rings. The van der Waals surface area contributed by atoms with Gasteiger partial charge in [-0.15, -0.1) is 0 Å². The van der Waals surface area contributed by atoms with Crippen LogP contribution in [0.25, 0.3) is 0 Å². The van der Waals surface area contributed by atoms with Crippen molar-refractivity contribution in [2.75, 3.05) is 0 Å². The summed E-state index contributed by atoms with van der Waals surface area (Å²) in [6.07, 6.45) is 8.23. The molecule has 0 heterocycles. The summed E-state index contributed by atoms with van der Waals surface area (Å²) in [6, 6.07) is 9.09. The molecule has 0 spiro atoms. The van der Waals surface area contributed by atoms with Gasteiger partial charge in [0.15, 0.2) is 5.78 Å². The molecule has 1 unspecified atom stereocenters. The van der Waals surface area contributed by atoms with Crippen LogP contribution in [0.5, 0.6) is 0 Å². The number of allylic oxidation sites excluding steroid dienone is 1. The van der Waals surface area contributed by atoms with Crippen molar-refractivity contribution in [3.05, 3.63) is 47.5 Å². The molecular formula is C26H30O4. The number of rotatable bonds is 3. The summed E-state index contributed by atoms with van der Waals surface area (Å²) in [7, 11) is 0. The van der Waals surface area contributed by atoms with Crippen LogP contribution in [0.2, 0.25) is 0 Å². The van der Waals surface area contributed by atoms with Crippen LogP contribution in [-0.2, 0) is 14.3 Å². The highest BCUT2D eigenvalue weighted by Gasteiger charge is 2.62. The van der Waals surface area contributed by atoms with Crippen LogP contribution in [-0.4, -0.2) is 23.6 Å². The fraction of sp³-hybridized carbons (Fsp3) is 0.577. The minimum absolute atomic E-state index is 0.112. The van der Waals surface area contributed by atoms with E-state index in [0.717, 1.165) is 38.5 Å². The number of Topliss-reactive ketones (excluding diaryl/α,β-unsaturated/α-hetero) is 1. The average molecular weight is 407 g/mol. The Kier molecular flexibility index (Phi) is 4.91. The third kappa shape index (κ3) is 2.99. The molecule has 4 heteroatoms. The van der Waals surface area contributed by atoms with Gasteiger partial charge in [0.1, 0.15) is 11.9 Å². The predicted molar refractivity (Wildman–Crippen MR) is 113 cm³/mol. The van der Waals surface area contributed by atoms with E-state index >= 15 is 0 Å². The highest BCUT2D eigenvalue weighted by molar-refractivity contribution is 5.92. The van der Waals surface area contributed by atoms with Crippen LogP contribution in [0.3, 0.4) is 0 Å². The number of esters is 1. The molecule has 5 rings (SSSR count). The third-order valence-corrected chi connectivity index (χ3v) is 8.62. The number of hydrogen-bond donors (Lipinski definition) is 0. The van der Waals surface area contributed by atoms with E-state index in [-0.39, 0.29) is 29.2 Å². The monoisotopic (exact) mass is 406 g/mol. The molecule has 0 radical (unpaired) electrons. The van der Waals surface area contributed by atoms with Crippen molar-refractivity contribution < 1.29 is 19.1 Å². The molecule has 1 aromatic rings. The lowest BCUT2D eigenvalue weighted by atomic mass is 9.51. The second kappa shape index (κ2) is 7.47. The molecular weight excluding hydrogens is 376 g/mol. The third-order valence-electron chi connectivity index (χ3n) is 8.62. The Morgan fingerprint density at radius 1 is 1.07 bits per heavy atom. The van der Waals surface area contributed by atoms with Gasteiger partial charge in [0.25, 0.3) is 0 Å². The summed E-state index contributed by atoms with van der Waals surface area (Å²) in [5, 5.41) is 0. The summed E-state index contributed by atoms with van der Waals surface area (Å²) in [4.78, 5) is 38.0. The summed E-state index contributed by atoms with van der Waals surface area (Å²) < 4.78 is 6.04. The highest BCUT2D eigenvalue weighted by Crippen LogP contribution is 2.62. The zero-order chi connectivity index (χ0) is 20.9. The molecule has 4 nitrogen and oxygen atoms in total. The van der Waals surface area contributed by atoms with Crippen LogP contribution in [0.4, 0.5) is 0 Å². The fourth-order valence-corrected chi connectivity index (χ4v) is 7.30. The maximum absolute atomic E-state index is 13.2. The number of carbonyl (C=O) groups excluding carboxylic acids is 3. The van der Waals surface area contributed by atoms with E-state index in [2.05, 4.69) is 6.92 Å². The molecule has 3 saturated carbocycles. The number of ketones is 2. The number of carbonyl (C=O) groups is 3. The van der Waals surface area contributed by atoms with Gasteiger partial charge in [-0.05, 0) is 74.5 Å². The van der Waals surface area contributed by atoms with E-state index in [1.165, 1.54) is 5.57 Å². The van der Waals surface area contributed by atoms with Crippen LogP contribution < -0.4 is 0 Å². The first-order valence-corrected chi connectivity index (χ1v) is 11.6. The lowest BCUT2D eigenvalue weighted by Gasteiger charge is -2.53. The largest absolute Gasteiger partial charge is 0.458 e. The molecule has 30 heavy (non-hydrogen) atoms. The van der Waals surface area contributed by atoms with Crippen LogP contribution in [0, 0.1) is 29.1 Å². The molecule has 0 aliphatic heterocycles. The summed E-state index contributed by atoms with van der Waals surface area (Å²) >= 11 is 0. The van der Waals surface area contributed by atoms with E-state index < -0.39 is 0 Å². The molecule has 0 aromatic heterocycles. The highest BCUT2D eigenvalue weighted by atomic mass is 16.5. The minimum atomic E-state index is -0.339. The topological polar surface area (TPSA) is 60.4 Å². The van der Waals surface area contributed by atoms with Gasteiger partial charge in [-0.1, -0.05) is 30.7 Å². The van der Waals surface area contributed by atoms with Gasteiger partial charge in [0, 0.05) is 24.2 Å². The van der Waals surface area contributed by atoms with E-state index in [1.807, 2.05) is 24.3 Å². The lowest BCUT2D eigenvalue weighted by Crippen LogP contribution is -2.50. The first-order valence-electron chi connectivity index (χ1n) is 11.6. The second-order valence-electron chi connectivity index (χ2n) is 9.71. The van der Waals surface area contributed by atoms with E-state index in [4.69, 9.17) is 4.74 Å². The van der Waals surface area contributed by atoms with Crippen molar-refractivity contribution in [3.63, 3.8) is 0 Å². The standard InChI is InChI=1S/C26H30O4/c1-2-26-13-12-20-19-11-9-18(27)14-17(19)8-10-21(20)24(26)22(15-23(26)28)30-25(29)16-6-4-3-5-7-16/h3-7,14,19-22,24H,2,8-13,15H2,1H3/t19-,20+,21+,22?,24+,26+/m0/s1. The summed E-state index contributed by atoms with van der Waals surface area (Å²) in [5.74, 6) is 1.73. The average Bonchev–Trinajstić information content (AvgIpc) is 3.05. The molecule has 1 aromatic carbocycles. The summed E-state index contributed by atoms with van der Waals surface area (Å²) in [5.41, 5.74) is 1.54. The molecule has 0 N–H and O–H groups in total. The maximum atomic E-state index is 13.2. The molecule has 4 aliphatic carbocycles. The van der Waals surface area contributed by atoms with E-state index in [0.29, 0.717) is 41.9 Å². The number of hydrogen-bond acceptors (Lipinski definition) is 4. The fourth-order valence-electron chi connectivity index (χ4n) is 7.30. The van der Waals surface area contributed by atoms with Crippen molar-refractivity contribution in [3.8, 4) is 0 Å². The van der Waals surface area contributed by atoms with Crippen LogP contribution >= 0.6 is 0 Å².